The molecule has 3 N–H and O–H groups in total. The number of nitrogens with zero attached hydrogens (tertiary/aromatic N) is 4. The molecule has 1 fully saturated rings. The first kappa shape index (κ1) is 15.3. The number of aromatic nitrogens is 2. The monoisotopic (exact) mass is 293 g/mol. The molecular weight excluding hydrogens is 270 g/mol. The minimum Gasteiger partial charge on any atom is -0.409 e. The van der Waals surface area contributed by atoms with Crippen molar-refractivity contribution in [1.29, 1.82) is 0 Å². The molecule has 0 aliphatic heterocycles. The van der Waals surface area contributed by atoms with Crippen molar-refractivity contribution in [2.75, 3.05) is 6.54 Å². The summed E-state index contributed by atoms with van der Waals surface area (Å²) in [5.41, 5.74) is 7.04. The third-order valence-electron chi connectivity index (χ3n) is 4.00. The van der Waals surface area contributed by atoms with Gasteiger partial charge >= 0.3 is 0 Å². The quantitative estimate of drug-likeness (QED) is 0.368. The third-order valence-corrected chi connectivity index (χ3v) is 4.00. The van der Waals surface area contributed by atoms with Crippen LogP contribution in [0.2, 0.25) is 0 Å². The molecule has 1 amide bonds. The third kappa shape index (κ3) is 3.34. The van der Waals surface area contributed by atoms with E-state index in [0.29, 0.717) is 5.69 Å². The second-order valence-electron chi connectivity index (χ2n) is 5.46. The van der Waals surface area contributed by atoms with Gasteiger partial charge in [-0.2, -0.15) is 5.10 Å². The van der Waals surface area contributed by atoms with Crippen LogP contribution in [0.1, 0.15) is 48.8 Å². The van der Waals surface area contributed by atoms with E-state index in [4.69, 9.17) is 10.9 Å². The normalized spacial score (nSPS) is 16.4. The van der Waals surface area contributed by atoms with Crippen LogP contribution in [0, 0.1) is 0 Å². The van der Waals surface area contributed by atoms with Crippen LogP contribution < -0.4 is 5.73 Å². The van der Waals surface area contributed by atoms with Crippen molar-refractivity contribution >= 4 is 11.7 Å². The van der Waals surface area contributed by atoms with Gasteiger partial charge in [-0.1, -0.05) is 24.9 Å². The highest BCUT2D eigenvalue weighted by Crippen LogP contribution is 2.25. The lowest BCUT2D eigenvalue weighted by atomic mass is 10.2. The topological polar surface area (TPSA) is 96.7 Å². The van der Waals surface area contributed by atoms with E-state index < -0.39 is 0 Å². The summed E-state index contributed by atoms with van der Waals surface area (Å²) in [5.74, 6) is -0.0590. The minimum absolute atomic E-state index is 0.0492. The summed E-state index contributed by atoms with van der Waals surface area (Å²) in [6.07, 6.45) is 4.92. The number of oxime groups is 1. The highest BCUT2D eigenvalue weighted by atomic mass is 16.4. The smallest absolute Gasteiger partial charge is 0.272 e. The molecular formula is C14H23N5O2. The van der Waals surface area contributed by atoms with Crippen LogP contribution in [0.3, 0.4) is 0 Å². The molecule has 0 unspecified atom stereocenters. The highest BCUT2D eigenvalue weighted by molar-refractivity contribution is 5.96. The summed E-state index contributed by atoms with van der Waals surface area (Å²) in [5, 5.41) is 16.1. The number of hydrogen-bond acceptors (Lipinski definition) is 4. The average Bonchev–Trinajstić information content (AvgIpc) is 3.12. The standard InChI is InChI=1S/C14H23N5O2/c1-3-10-8-12(18(2)16-10)14(20)19(9-13(15)17-21)11-6-4-5-7-11/h8,11,21H,3-7,9H2,1-2H3,(H2,15,17). The van der Waals surface area contributed by atoms with Crippen molar-refractivity contribution < 1.29 is 10.0 Å². The highest BCUT2D eigenvalue weighted by Gasteiger charge is 2.29. The van der Waals surface area contributed by atoms with Gasteiger partial charge in [0, 0.05) is 13.1 Å². The van der Waals surface area contributed by atoms with Crippen LogP contribution in [0.5, 0.6) is 0 Å². The number of aryl methyl sites for hydroxylation is 2. The van der Waals surface area contributed by atoms with Gasteiger partial charge in [0.2, 0.25) is 0 Å². The second kappa shape index (κ2) is 6.60. The van der Waals surface area contributed by atoms with Gasteiger partial charge in [0.25, 0.3) is 5.91 Å². The number of amides is 1. The number of carbonyl (C=O) groups excluding carboxylic acids is 1. The number of rotatable bonds is 5. The average molecular weight is 293 g/mol. The molecule has 7 nitrogen and oxygen atoms in total. The van der Waals surface area contributed by atoms with E-state index >= 15 is 0 Å². The summed E-state index contributed by atoms with van der Waals surface area (Å²) < 4.78 is 1.61. The number of amidine groups is 1. The molecule has 1 aliphatic rings. The predicted molar refractivity (Wildman–Crippen MR) is 79.3 cm³/mol. The fourth-order valence-electron chi connectivity index (χ4n) is 2.84. The van der Waals surface area contributed by atoms with Gasteiger partial charge in [0.1, 0.15) is 5.69 Å². The van der Waals surface area contributed by atoms with Crippen LogP contribution in [0.4, 0.5) is 0 Å². The Bertz CT molecular complexity index is 531. The number of carbonyl (C=O) groups is 1. The zero-order valence-electron chi connectivity index (χ0n) is 12.6. The Kier molecular flexibility index (Phi) is 4.82. The van der Waals surface area contributed by atoms with Crippen molar-refractivity contribution in [3.05, 3.63) is 17.5 Å². The van der Waals surface area contributed by atoms with E-state index in [0.717, 1.165) is 37.8 Å². The lowest BCUT2D eigenvalue weighted by Gasteiger charge is -2.28. The van der Waals surface area contributed by atoms with Crippen LogP contribution in [-0.4, -0.2) is 44.2 Å². The Morgan fingerprint density at radius 2 is 2.24 bits per heavy atom. The van der Waals surface area contributed by atoms with Crippen molar-refractivity contribution in [3.63, 3.8) is 0 Å². The van der Waals surface area contributed by atoms with Crippen LogP contribution in [0.25, 0.3) is 0 Å². The van der Waals surface area contributed by atoms with Crippen molar-refractivity contribution in [2.45, 2.75) is 45.1 Å². The largest absolute Gasteiger partial charge is 0.409 e. The molecule has 7 heteroatoms. The Balaban J connectivity index is 2.25. The van der Waals surface area contributed by atoms with Gasteiger partial charge in [-0.3, -0.25) is 9.48 Å². The lowest BCUT2D eigenvalue weighted by molar-refractivity contribution is 0.0701. The molecule has 1 aromatic rings. The summed E-state index contributed by atoms with van der Waals surface area (Å²) >= 11 is 0. The molecule has 116 valence electrons. The minimum atomic E-state index is -0.108. The van der Waals surface area contributed by atoms with E-state index in [1.807, 2.05) is 13.0 Å². The summed E-state index contributed by atoms with van der Waals surface area (Å²) in [4.78, 5) is 14.5. The van der Waals surface area contributed by atoms with Crippen molar-refractivity contribution in [3.8, 4) is 0 Å². The van der Waals surface area contributed by atoms with E-state index in [-0.39, 0.29) is 24.3 Å². The zero-order chi connectivity index (χ0) is 15.4. The van der Waals surface area contributed by atoms with Crippen molar-refractivity contribution in [2.24, 2.45) is 17.9 Å². The van der Waals surface area contributed by atoms with Gasteiger partial charge in [0.15, 0.2) is 5.84 Å². The molecule has 0 saturated heterocycles. The maximum atomic E-state index is 12.8. The summed E-state index contributed by atoms with van der Waals surface area (Å²) in [6, 6.07) is 1.97. The summed E-state index contributed by atoms with van der Waals surface area (Å²) in [7, 11) is 1.77. The molecule has 1 aliphatic carbocycles. The van der Waals surface area contributed by atoms with Crippen molar-refractivity contribution in [1.82, 2.24) is 14.7 Å². The Morgan fingerprint density at radius 3 is 2.76 bits per heavy atom. The maximum Gasteiger partial charge on any atom is 0.272 e. The van der Waals surface area contributed by atoms with Crippen LogP contribution in [0.15, 0.2) is 11.2 Å². The van der Waals surface area contributed by atoms with E-state index in [1.54, 1.807) is 16.6 Å². The first-order valence-electron chi connectivity index (χ1n) is 7.37. The molecule has 0 spiro atoms. The van der Waals surface area contributed by atoms with Crippen LogP contribution >= 0.6 is 0 Å². The number of nitrogens with two attached hydrogens (primary N) is 1. The van der Waals surface area contributed by atoms with Gasteiger partial charge in [-0.05, 0) is 25.3 Å². The first-order chi connectivity index (χ1) is 10.1. The van der Waals surface area contributed by atoms with Gasteiger partial charge in [-0.25, -0.2) is 0 Å². The molecule has 1 heterocycles. The Labute approximate surface area is 124 Å². The molecule has 1 aromatic heterocycles. The predicted octanol–water partition coefficient (Wildman–Crippen LogP) is 1.11. The van der Waals surface area contributed by atoms with E-state index in [9.17, 15) is 4.79 Å². The Hall–Kier alpha value is -2.05. The fraction of sp³-hybridized carbons (Fsp3) is 0.643. The lowest BCUT2D eigenvalue weighted by Crippen LogP contribution is -2.44. The van der Waals surface area contributed by atoms with Gasteiger partial charge in [0.05, 0.1) is 12.2 Å². The molecule has 0 aromatic carbocycles. The molecule has 21 heavy (non-hydrogen) atoms. The zero-order valence-corrected chi connectivity index (χ0v) is 12.6. The first-order valence-corrected chi connectivity index (χ1v) is 7.37. The summed E-state index contributed by atoms with van der Waals surface area (Å²) in [6.45, 7) is 2.15. The fourth-order valence-corrected chi connectivity index (χ4v) is 2.84. The second-order valence-corrected chi connectivity index (χ2v) is 5.46. The van der Waals surface area contributed by atoms with E-state index in [1.165, 1.54) is 0 Å². The SMILES string of the molecule is CCc1cc(C(=O)N(CC(N)=NO)C2CCCC2)n(C)n1. The maximum absolute atomic E-state index is 12.8. The van der Waals surface area contributed by atoms with Gasteiger partial charge < -0.3 is 15.8 Å². The molecule has 2 rings (SSSR count). The molecule has 0 bridgehead atoms. The molecule has 0 atom stereocenters. The molecule has 0 radical (unpaired) electrons. The van der Waals surface area contributed by atoms with E-state index in [2.05, 4.69) is 10.3 Å². The van der Waals surface area contributed by atoms with Gasteiger partial charge in [-0.15, -0.1) is 0 Å². The molecule has 1 saturated carbocycles. The Morgan fingerprint density at radius 1 is 1.57 bits per heavy atom. The van der Waals surface area contributed by atoms with Crippen LogP contribution in [-0.2, 0) is 13.5 Å². The number of hydrogen-bond donors (Lipinski definition) is 2.